The van der Waals surface area contributed by atoms with Gasteiger partial charge >= 0.3 is 11.8 Å². The molecule has 0 radical (unpaired) electrons. The summed E-state index contributed by atoms with van der Waals surface area (Å²) in [5.74, 6) is -4.65. The van der Waals surface area contributed by atoms with Gasteiger partial charge in [-0.3, -0.25) is 28.3 Å². The minimum absolute atomic E-state index is 0.0266. The lowest BCUT2D eigenvalue weighted by atomic mass is 10.1. The van der Waals surface area contributed by atoms with Crippen molar-refractivity contribution in [2.45, 2.75) is 9.79 Å². The van der Waals surface area contributed by atoms with Crippen molar-refractivity contribution in [3.63, 3.8) is 0 Å². The lowest BCUT2D eigenvalue weighted by Gasteiger charge is -2.13. The van der Waals surface area contributed by atoms with Crippen molar-refractivity contribution in [3.05, 3.63) is 120 Å². The van der Waals surface area contributed by atoms with Gasteiger partial charge in [-0.15, -0.1) is 0 Å². The first kappa shape index (κ1) is 36.9. The van der Waals surface area contributed by atoms with Gasteiger partial charge in [0.1, 0.15) is 11.5 Å². The molecule has 4 amide bonds. The second-order valence-electron chi connectivity index (χ2n) is 11.6. The molecule has 18 heteroatoms. The Morgan fingerprint density at radius 1 is 0.463 bits per heavy atom. The lowest BCUT2D eigenvalue weighted by Crippen LogP contribution is -2.29. The molecule has 0 heterocycles. The Morgan fingerprint density at radius 2 is 0.833 bits per heavy atom. The van der Waals surface area contributed by atoms with Crippen LogP contribution in [0.15, 0.2) is 119 Å². The van der Waals surface area contributed by atoms with E-state index >= 15 is 0 Å². The fraction of sp³-hybridized carbons (Fsp3) is 0. The first-order valence-electron chi connectivity index (χ1n) is 15.4. The van der Waals surface area contributed by atoms with Crippen LogP contribution in [0, 0.1) is 0 Å². The van der Waals surface area contributed by atoms with E-state index in [2.05, 4.69) is 21.3 Å². The van der Waals surface area contributed by atoms with E-state index in [0.717, 1.165) is 24.3 Å². The van der Waals surface area contributed by atoms with Crippen molar-refractivity contribution in [2.24, 2.45) is 0 Å². The van der Waals surface area contributed by atoms with Crippen molar-refractivity contribution < 1.29 is 55.3 Å². The maximum Gasteiger partial charge on any atom is 0.314 e. The van der Waals surface area contributed by atoms with Crippen LogP contribution in [0.4, 0.5) is 22.7 Å². The predicted molar refractivity (Wildman–Crippen MR) is 197 cm³/mol. The van der Waals surface area contributed by atoms with Crippen molar-refractivity contribution in [1.82, 2.24) is 0 Å². The number of amides is 4. The largest absolute Gasteiger partial charge is 0.506 e. The minimum atomic E-state index is -4.60. The van der Waals surface area contributed by atoms with Gasteiger partial charge in [0.05, 0.1) is 21.2 Å². The average Bonchev–Trinajstić information content (AvgIpc) is 3.12. The summed E-state index contributed by atoms with van der Waals surface area (Å²) in [5, 5.41) is 31.7. The number of hydrogen-bond donors (Lipinski definition) is 8. The van der Waals surface area contributed by atoms with Crippen LogP contribution in [0.1, 0.15) is 20.7 Å². The Morgan fingerprint density at radius 3 is 1.20 bits per heavy atom. The molecule has 6 aromatic carbocycles. The van der Waals surface area contributed by atoms with Crippen molar-refractivity contribution in [3.8, 4) is 11.5 Å². The fourth-order valence-electron chi connectivity index (χ4n) is 5.38. The minimum Gasteiger partial charge on any atom is -0.506 e. The maximum atomic E-state index is 13.2. The molecule has 0 fully saturated rings. The lowest BCUT2D eigenvalue weighted by molar-refractivity contribution is -0.132. The summed E-state index contributed by atoms with van der Waals surface area (Å²) in [5.41, 5.74) is -0.292. The van der Waals surface area contributed by atoms with Crippen LogP contribution in [0.3, 0.4) is 0 Å². The predicted octanol–water partition coefficient (Wildman–Crippen LogP) is 4.98. The molecule has 0 aromatic heterocycles. The Hall–Kier alpha value is -6.86. The van der Waals surface area contributed by atoms with E-state index in [1.54, 1.807) is 0 Å². The summed E-state index contributed by atoms with van der Waals surface area (Å²) in [6.07, 6.45) is 0. The monoisotopic (exact) mass is 770 g/mol. The van der Waals surface area contributed by atoms with Crippen LogP contribution in [0.2, 0.25) is 0 Å². The topological polar surface area (TPSA) is 266 Å². The van der Waals surface area contributed by atoms with Gasteiger partial charge in [-0.1, -0.05) is 36.4 Å². The Balaban J connectivity index is 1.14. The van der Waals surface area contributed by atoms with Crippen LogP contribution in [0.5, 0.6) is 11.5 Å². The third kappa shape index (κ3) is 7.96. The van der Waals surface area contributed by atoms with E-state index in [-0.39, 0.29) is 44.6 Å². The van der Waals surface area contributed by atoms with Crippen molar-refractivity contribution in [1.29, 1.82) is 0 Å². The molecule has 274 valence electrons. The molecule has 0 spiro atoms. The van der Waals surface area contributed by atoms with Gasteiger partial charge in [-0.2, -0.15) is 16.8 Å². The number of fused-ring (bicyclic) bond motifs is 2. The van der Waals surface area contributed by atoms with E-state index in [0.29, 0.717) is 10.8 Å². The zero-order valence-corrected chi connectivity index (χ0v) is 28.9. The van der Waals surface area contributed by atoms with Gasteiger partial charge in [0.25, 0.3) is 32.1 Å². The number of carbonyl (C=O) groups excluding carboxylic acids is 4. The second-order valence-corrected chi connectivity index (χ2v) is 14.5. The highest BCUT2D eigenvalue weighted by molar-refractivity contribution is 7.86. The molecule has 0 aliphatic heterocycles. The van der Waals surface area contributed by atoms with Crippen LogP contribution < -0.4 is 21.3 Å². The van der Waals surface area contributed by atoms with Crippen LogP contribution in [0.25, 0.3) is 21.5 Å². The third-order valence-corrected chi connectivity index (χ3v) is 9.69. The maximum absolute atomic E-state index is 13.2. The first-order valence-corrected chi connectivity index (χ1v) is 18.3. The molecule has 0 saturated carbocycles. The molecule has 0 aliphatic carbocycles. The molecule has 0 unspecified atom stereocenters. The van der Waals surface area contributed by atoms with Gasteiger partial charge in [-0.25, -0.2) is 0 Å². The number of aromatic hydroxyl groups is 2. The van der Waals surface area contributed by atoms with Gasteiger partial charge in [0, 0.05) is 33.3 Å². The molecule has 6 aromatic rings. The number of nitrogens with one attached hydrogen (secondary N) is 4. The van der Waals surface area contributed by atoms with E-state index < -0.39 is 65.2 Å². The van der Waals surface area contributed by atoms with Crippen molar-refractivity contribution >= 4 is 88.2 Å². The number of anilines is 4. The Kier molecular flexibility index (Phi) is 9.76. The average molecular weight is 771 g/mol. The number of rotatable bonds is 8. The van der Waals surface area contributed by atoms with Gasteiger partial charge < -0.3 is 31.5 Å². The number of hydrogen-bond acceptors (Lipinski definition) is 10. The summed E-state index contributed by atoms with van der Waals surface area (Å²) in [6, 6.07) is 23.6. The highest BCUT2D eigenvalue weighted by atomic mass is 32.2. The molecule has 0 atom stereocenters. The molecular weight excluding hydrogens is 745 g/mol. The van der Waals surface area contributed by atoms with Crippen LogP contribution in [-0.4, -0.2) is 59.8 Å². The van der Waals surface area contributed by atoms with E-state index in [1.165, 1.54) is 84.9 Å². The van der Waals surface area contributed by atoms with Crippen molar-refractivity contribution in [2.75, 3.05) is 21.3 Å². The summed E-state index contributed by atoms with van der Waals surface area (Å²) < 4.78 is 65.6. The van der Waals surface area contributed by atoms with Gasteiger partial charge in [0.2, 0.25) is 0 Å². The van der Waals surface area contributed by atoms with Gasteiger partial charge in [0.15, 0.2) is 0 Å². The summed E-state index contributed by atoms with van der Waals surface area (Å²) >= 11 is 0. The van der Waals surface area contributed by atoms with E-state index in [9.17, 15) is 55.3 Å². The highest BCUT2D eigenvalue weighted by Crippen LogP contribution is 2.36. The van der Waals surface area contributed by atoms with Crippen LogP contribution >= 0.6 is 0 Å². The van der Waals surface area contributed by atoms with E-state index in [1.807, 2.05) is 0 Å². The quantitative estimate of drug-likeness (QED) is 0.0579. The molecule has 0 bridgehead atoms. The summed E-state index contributed by atoms with van der Waals surface area (Å²) in [7, 11) is -9.19. The Bertz CT molecular complexity index is 2600. The molecular formula is C36H26N4O12S2. The normalized spacial score (nSPS) is 11.5. The molecule has 0 saturated heterocycles. The SMILES string of the molecule is O=C(Nc1cccc(C(=O)Nc2c(O)ccc3ccc(S(=O)(=O)O)cc23)c1)C(=O)Nc1cccc(C(=O)Nc2c(O)ccc3ccc(S(=O)(=O)O)cc23)c1. The number of carbonyl (C=O) groups is 4. The number of benzene rings is 6. The smallest absolute Gasteiger partial charge is 0.314 e. The third-order valence-electron chi connectivity index (χ3n) is 7.99. The molecule has 54 heavy (non-hydrogen) atoms. The first-order chi connectivity index (χ1) is 25.5. The van der Waals surface area contributed by atoms with E-state index in [4.69, 9.17) is 0 Å². The summed E-state index contributed by atoms with van der Waals surface area (Å²) in [6.45, 7) is 0. The number of phenols is 2. The van der Waals surface area contributed by atoms with Crippen LogP contribution in [-0.2, 0) is 29.8 Å². The fourth-order valence-corrected chi connectivity index (χ4v) is 6.40. The molecule has 0 aliphatic rings. The Labute approximate surface area is 305 Å². The second kappa shape index (κ2) is 14.3. The molecule has 16 nitrogen and oxygen atoms in total. The molecule has 6 rings (SSSR count). The van der Waals surface area contributed by atoms with Gasteiger partial charge in [-0.05, 0) is 83.6 Å². The zero-order chi connectivity index (χ0) is 38.9. The zero-order valence-electron chi connectivity index (χ0n) is 27.3. The standard InChI is InChI=1S/C36H26N4O12S2/c41-29-13-9-19-7-11-25(53(47,48)49)17-27(19)31(29)39-33(43)21-3-1-5-23(15-21)37-35(45)36(46)38-24-6-2-4-22(16-24)34(44)40-32-28-18-26(54(50,51)52)12-8-20(28)10-14-30(32)42/h1-18,41-42H,(H,37,45)(H,38,46)(H,39,43)(H,40,44)(H,47,48,49)(H,50,51,52). The molecule has 8 N–H and O–H groups in total. The summed E-state index contributed by atoms with van der Waals surface area (Å²) in [4.78, 5) is 51.1. The number of phenolic OH excluding ortho intramolecular Hbond substituents is 2. The highest BCUT2D eigenvalue weighted by Gasteiger charge is 2.20.